The molecule has 0 fully saturated rings. The average molecular weight is 319 g/mol. The van der Waals surface area contributed by atoms with E-state index in [9.17, 15) is 9.90 Å². The summed E-state index contributed by atoms with van der Waals surface area (Å²) in [5.74, 6) is -0.0302. The zero-order valence-electron chi connectivity index (χ0n) is 12.7. The van der Waals surface area contributed by atoms with E-state index in [1.54, 1.807) is 7.05 Å². The van der Waals surface area contributed by atoms with Gasteiger partial charge >= 0.3 is 0 Å². The van der Waals surface area contributed by atoms with Crippen LogP contribution in [0.5, 0.6) is 0 Å². The van der Waals surface area contributed by atoms with E-state index in [0.29, 0.717) is 19.5 Å². The molecule has 2 N–H and O–H groups in total. The minimum absolute atomic E-state index is 0.0302. The Hall–Kier alpha value is -1.76. The first-order valence-corrected chi connectivity index (χ1v) is 8.10. The van der Waals surface area contributed by atoms with Crippen LogP contribution in [0.4, 0.5) is 0 Å². The number of carbonyl (C=O) groups is 1. The van der Waals surface area contributed by atoms with Crippen LogP contribution in [0.2, 0.25) is 0 Å². The lowest BCUT2D eigenvalue weighted by molar-refractivity contribution is -0.119. The van der Waals surface area contributed by atoms with Crippen LogP contribution < -0.4 is 5.32 Å². The summed E-state index contributed by atoms with van der Waals surface area (Å²) in [4.78, 5) is 18.0. The molecule has 0 bridgehead atoms. The van der Waals surface area contributed by atoms with E-state index in [1.165, 1.54) is 16.9 Å². The minimum Gasteiger partial charge on any atom is -0.395 e. The molecule has 2 rings (SSSR count). The summed E-state index contributed by atoms with van der Waals surface area (Å²) in [6.07, 6.45) is 0.319. The first-order chi connectivity index (χ1) is 10.7. The summed E-state index contributed by atoms with van der Waals surface area (Å²) >= 11 is 1.50. The molecule has 5 nitrogen and oxygen atoms in total. The van der Waals surface area contributed by atoms with Crippen molar-refractivity contribution in [3.05, 3.63) is 52.0 Å². The number of thiazole rings is 1. The Morgan fingerprint density at radius 3 is 2.77 bits per heavy atom. The highest BCUT2D eigenvalue weighted by atomic mass is 32.1. The second-order valence-electron chi connectivity index (χ2n) is 5.00. The Bertz CT molecular complexity index is 586. The molecule has 0 atom stereocenters. The fourth-order valence-corrected chi connectivity index (χ4v) is 2.94. The molecule has 1 amide bonds. The largest absolute Gasteiger partial charge is 0.395 e. The van der Waals surface area contributed by atoms with Crippen molar-refractivity contribution >= 4 is 17.2 Å². The number of hydrogen-bond acceptors (Lipinski definition) is 5. The quantitative estimate of drug-likeness (QED) is 0.772. The molecule has 0 unspecified atom stereocenters. The van der Waals surface area contributed by atoms with Crippen molar-refractivity contribution in [1.82, 2.24) is 15.2 Å². The highest BCUT2D eigenvalue weighted by Crippen LogP contribution is 2.14. The molecule has 0 spiro atoms. The third-order valence-corrected chi connectivity index (χ3v) is 4.14. The van der Waals surface area contributed by atoms with Crippen molar-refractivity contribution in [2.45, 2.75) is 19.5 Å². The zero-order valence-corrected chi connectivity index (χ0v) is 13.5. The summed E-state index contributed by atoms with van der Waals surface area (Å²) < 4.78 is 0. The lowest BCUT2D eigenvalue weighted by Gasteiger charge is -2.20. The number of likely N-dealkylation sites (N-methyl/N-ethyl adjacent to an activating group) is 1. The molecule has 0 aliphatic rings. The van der Waals surface area contributed by atoms with Crippen LogP contribution in [-0.4, -0.2) is 41.1 Å². The van der Waals surface area contributed by atoms with Crippen LogP contribution in [0.3, 0.4) is 0 Å². The standard InChI is InChI=1S/C16H21N3O2S/c1-17-15(21)9-16-18-14(12-22-16)11-19(7-8-20)10-13-5-3-2-4-6-13/h2-6,12,20H,7-11H2,1H3,(H,17,21). The first kappa shape index (κ1) is 16.6. The summed E-state index contributed by atoms with van der Waals surface area (Å²) in [7, 11) is 1.62. The van der Waals surface area contributed by atoms with Crippen molar-refractivity contribution in [3.63, 3.8) is 0 Å². The van der Waals surface area contributed by atoms with Gasteiger partial charge in [0.15, 0.2) is 0 Å². The maximum absolute atomic E-state index is 11.4. The molecular weight excluding hydrogens is 298 g/mol. The van der Waals surface area contributed by atoms with Crippen LogP contribution in [0.15, 0.2) is 35.7 Å². The number of hydrogen-bond donors (Lipinski definition) is 2. The normalized spacial score (nSPS) is 10.9. The molecule has 22 heavy (non-hydrogen) atoms. The van der Waals surface area contributed by atoms with Crippen LogP contribution in [0.1, 0.15) is 16.3 Å². The molecule has 0 saturated heterocycles. The summed E-state index contributed by atoms with van der Waals surface area (Å²) in [6.45, 7) is 2.14. The third kappa shape index (κ3) is 5.22. The second kappa shape index (κ2) is 8.63. The fraction of sp³-hybridized carbons (Fsp3) is 0.375. The number of aliphatic hydroxyl groups is 1. The molecule has 0 aliphatic heterocycles. The zero-order chi connectivity index (χ0) is 15.8. The molecule has 1 aromatic heterocycles. The van der Waals surface area contributed by atoms with E-state index in [1.807, 2.05) is 23.6 Å². The van der Waals surface area contributed by atoms with Gasteiger partial charge in [-0.2, -0.15) is 0 Å². The van der Waals surface area contributed by atoms with Gasteiger partial charge in [-0.05, 0) is 5.56 Å². The van der Waals surface area contributed by atoms with Gasteiger partial charge in [-0.15, -0.1) is 11.3 Å². The summed E-state index contributed by atoms with van der Waals surface area (Å²) in [6, 6.07) is 10.2. The van der Waals surface area contributed by atoms with E-state index >= 15 is 0 Å². The molecule has 0 radical (unpaired) electrons. The Morgan fingerprint density at radius 2 is 2.09 bits per heavy atom. The van der Waals surface area contributed by atoms with Gasteiger partial charge in [-0.1, -0.05) is 30.3 Å². The number of amides is 1. The van der Waals surface area contributed by atoms with Gasteiger partial charge in [0, 0.05) is 32.1 Å². The van der Waals surface area contributed by atoms with Crippen LogP contribution in [0.25, 0.3) is 0 Å². The highest BCUT2D eigenvalue weighted by Gasteiger charge is 2.11. The predicted molar refractivity (Wildman–Crippen MR) is 87.5 cm³/mol. The van der Waals surface area contributed by atoms with Gasteiger partial charge in [0.25, 0.3) is 0 Å². The number of benzene rings is 1. The first-order valence-electron chi connectivity index (χ1n) is 7.22. The summed E-state index contributed by atoms with van der Waals surface area (Å²) in [5, 5.41) is 14.6. The van der Waals surface area contributed by atoms with E-state index in [2.05, 4.69) is 27.3 Å². The van der Waals surface area contributed by atoms with Gasteiger partial charge in [0.2, 0.25) is 5.91 Å². The number of nitrogens with zero attached hydrogens (tertiary/aromatic N) is 2. The molecule has 0 aliphatic carbocycles. The average Bonchev–Trinajstić information content (AvgIpc) is 2.95. The monoisotopic (exact) mass is 319 g/mol. The lowest BCUT2D eigenvalue weighted by atomic mass is 10.2. The molecular formula is C16H21N3O2S. The Labute approximate surface area is 134 Å². The Kier molecular flexibility index (Phi) is 6.51. The maximum Gasteiger partial charge on any atom is 0.226 e. The Morgan fingerprint density at radius 1 is 1.32 bits per heavy atom. The van der Waals surface area contributed by atoms with Gasteiger partial charge in [0.1, 0.15) is 5.01 Å². The maximum atomic E-state index is 11.4. The van der Waals surface area contributed by atoms with E-state index < -0.39 is 0 Å². The fourth-order valence-electron chi connectivity index (χ4n) is 2.15. The molecule has 1 aromatic carbocycles. The lowest BCUT2D eigenvalue weighted by Crippen LogP contribution is -2.26. The second-order valence-corrected chi connectivity index (χ2v) is 5.95. The van der Waals surface area contributed by atoms with E-state index in [-0.39, 0.29) is 12.5 Å². The number of nitrogens with one attached hydrogen (secondary N) is 1. The van der Waals surface area contributed by atoms with E-state index in [4.69, 9.17) is 0 Å². The van der Waals surface area contributed by atoms with Crippen LogP contribution >= 0.6 is 11.3 Å². The number of rotatable bonds is 8. The smallest absolute Gasteiger partial charge is 0.226 e. The predicted octanol–water partition coefficient (Wildman–Crippen LogP) is 1.43. The summed E-state index contributed by atoms with van der Waals surface area (Å²) in [5.41, 5.74) is 2.14. The minimum atomic E-state index is -0.0302. The highest BCUT2D eigenvalue weighted by molar-refractivity contribution is 7.09. The number of carbonyl (C=O) groups excluding carboxylic acids is 1. The Balaban J connectivity index is 1.97. The number of aliphatic hydroxyl groups excluding tert-OH is 1. The van der Waals surface area contributed by atoms with Crippen LogP contribution in [-0.2, 0) is 24.3 Å². The molecule has 2 aromatic rings. The topological polar surface area (TPSA) is 65.5 Å². The van der Waals surface area contributed by atoms with E-state index in [0.717, 1.165) is 17.2 Å². The molecule has 0 saturated carbocycles. The molecule has 6 heteroatoms. The SMILES string of the molecule is CNC(=O)Cc1nc(CN(CCO)Cc2ccccc2)cs1. The van der Waals surface area contributed by atoms with Gasteiger partial charge in [-0.3, -0.25) is 9.69 Å². The third-order valence-electron chi connectivity index (χ3n) is 3.24. The van der Waals surface area contributed by atoms with Crippen molar-refractivity contribution < 1.29 is 9.90 Å². The van der Waals surface area contributed by atoms with Crippen LogP contribution in [0, 0.1) is 0 Å². The van der Waals surface area contributed by atoms with Crippen molar-refractivity contribution in [2.24, 2.45) is 0 Å². The van der Waals surface area contributed by atoms with Gasteiger partial charge < -0.3 is 10.4 Å². The van der Waals surface area contributed by atoms with Crippen molar-refractivity contribution in [2.75, 3.05) is 20.2 Å². The number of aromatic nitrogens is 1. The molecule has 1 heterocycles. The van der Waals surface area contributed by atoms with Gasteiger partial charge in [-0.25, -0.2) is 4.98 Å². The van der Waals surface area contributed by atoms with Crippen molar-refractivity contribution in [1.29, 1.82) is 0 Å². The van der Waals surface area contributed by atoms with Gasteiger partial charge in [0.05, 0.1) is 18.7 Å². The van der Waals surface area contributed by atoms with Crippen molar-refractivity contribution in [3.8, 4) is 0 Å². The molecule has 118 valence electrons.